The Kier molecular flexibility index (Phi) is 6.42. The third kappa shape index (κ3) is 4.45. The van der Waals surface area contributed by atoms with Crippen LogP contribution < -0.4 is 0 Å². The van der Waals surface area contributed by atoms with Crippen LogP contribution in [0.15, 0.2) is 176 Å². The molecule has 0 bridgehead atoms. The van der Waals surface area contributed by atoms with Crippen molar-refractivity contribution in [2.24, 2.45) is 0 Å². The van der Waals surface area contributed by atoms with Gasteiger partial charge >= 0.3 is 0 Å². The lowest BCUT2D eigenvalue weighted by atomic mass is 10.1. The molecular formula is C45H29N5. The van der Waals surface area contributed by atoms with E-state index in [0.717, 1.165) is 39.1 Å². The van der Waals surface area contributed by atoms with Gasteiger partial charge in [0.2, 0.25) is 0 Å². The van der Waals surface area contributed by atoms with Gasteiger partial charge < -0.3 is 9.13 Å². The maximum absolute atomic E-state index is 5.10. The van der Waals surface area contributed by atoms with E-state index in [1.807, 2.05) is 60.7 Å². The van der Waals surface area contributed by atoms with Crippen molar-refractivity contribution in [3.05, 3.63) is 176 Å². The van der Waals surface area contributed by atoms with Crippen molar-refractivity contribution in [1.82, 2.24) is 24.1 Å². The van der Waals surface area contributed by atoms with E-state index < -0.39 is 0 Å². The van der Waals surface area contributed by atoms with Crippen LogP contribution in [0.5, 0.6) is 0 Å². The number of nitrogens with zero attached hydrogens (tertiary/aromatic N) is 5. The summed E-state index contributed by atoms with van der Waals surface area (Å²) in [4.78, 5) is 15.1. The van der Waals surface area contributed by atoms with Crippen molar-refractivity contribution in [2.75, 3.05) is 0 Å². The Balaban J connectivity index is 1.21. The molecule has 0 amide bonds. The molecule has 0 saturated carbocycles. The Labute approximate surface area is 288 Å². The van der Waals surface area contributed by atoms with Crippen molar-refractivity contribution in [2.45, 2.75) is 0 Å². The summed E-state index contributed by atoms with van der Waals surface area (Å²) in [6, 6.07) is 61.4. The lowest BCUT2D eigenvalue weighted by Crippen LogP contribution is -2.03. The molecule has 0 aliphatic carbocycles. The molecule has 0 unspecified atom stereocenters. The summed E-state index contributed by atoms with van der Waals surface area (Å²) in [7, 11) is 0. The molecule has 10 aromatic rings. The highest BCUT2D eigenvalue weighted by molar-refractivity contribution is 6.12. The molecule has 0 aliphatic rings. The molecule has 3 heterocycles. The normalized spacial score (nSPS) is 11.6. The second kappa shape index (κ2) is 11.4. The number of fused-ring (bicyclic) bond motifs is 6. The molecule has 0 atom stereocenters. The molecule has 234 valence electrons. The van der Waals surface area contributed by atoms with Gasteiger partial charge in [-0.2, -0.15) is 0 Å². The summed E-state index contributed by atoms with van der Waals surface area (Å²) >= 11 is 0. The summed E-state index contributed by atoms with van der Waals surface area (Å²) < 4.78 is 4.73. The van der Waals surface area contributed by atoms with Crippen LogP contribution in [0.25, 0.3) is 89.2 Å². The van der Waals surface area contributed by atoms with Crippen molar-refractivity contribution < 1.29 is 0 Å². The Morgan fingerprint density at radius 1 is 0.320 bits per heavy atom. The van der Waals surface area contributed by atoms with E-state index in [1.54, 1.807) is 0 Å². The van der Waals surface area contributed by atoms with Gasteiger partial charge in [0.05, 0.1) is 27.8 Å². The number of rotatable bonds is 5. The zero-order chi connectivity index (χ0) is 33.0. The van der Waals surface area contributed by atoms with E-state index in [0.29, 0.717) is 17.5 Å². The van der Waals surface area contributed by atoms with Gasteiger partial charge in [-0.15, -0.1) is 0 Å². The predicted molar refractivity (Wildman–Crippen MR) is 205 cm³/mol. The molecule has 5 nitrogen and oxygen atoms in total. The maximum Gasteiger partial charge on any atom is 0.166 e. The summed E-state index contributed by atoms with van der Waals surface area (Å²) in [6.45, 7) is 0. The fourth-order valence-electron chi connectivity index (χ4n) is 7.35. The zero-order valence-electron chi connectivity index (χ0n) is 27.0. The summed E-state index contributed by atoms with van der Waals surface area (Å²) in [5, 5.41) is 4.87. The largest absolute Gasteiger partial charge is 0.309 e. The molecular weight excluding hydrogens is 611 g/mol. The van der Waals surface area contributed by atoms with Crippen LogP contribution in [0.1, 0.15) is 0 Å². The molecule has 50 heavy (non-hydrogen) atoms. The average Bonchev–Trinajstić information content (AvgIpc) is 3.71. The standard InChI is InChI=1S/C45H29N5/c1-3-15-30(16-4-1)43-46-44(31-17-5-2-6-18-31)48-45(47-43)36-22-10-14-26-41(36)50-40-25-13-9-21-35(40)37-29-32(27-28-42(37)50)49-38-23-11-7-19-33(38)34-20-8-12-24-39(34)49/h1-29H. The van der Waals surface area contributed by atoms with Crippen molar-refractivity contribution in [1.29, 1.82) is 0 Å². The number of aromatic nitrogens is 5. The molecule has 0 N–H and O–H groups in total. The number of benzene rings is 7. The van der Waals surface area contributed by atoms with Crippen LogP contribution in [0.2, 0.25) is 0 Å². The molecule has 0 saturated heterocycles. The third-order valence-electron chi connectivity index (χ3n) is 9.58. The van der Waals surface area contributed by atoms with Crippen molar-refractivity contribution in [3.63, 3.8) is 0 Å². The smallest absolute Gasteiger partial charge is 0.166 e. The fraction of sp³-hybridized carbons (Fsp3) is 0. The summed E-state index contributed by atoms with van der Waals surface area (Å²) in [5.41, 5.74) is 9.58. The van der Waals surface area contributed by atoms with Crippen LogP contribution in [-0.2, 0) is 0 Å². The Hall–Kier alpha value is -6.85. The molecule has 7 aromatic carbocycles. The number of para-hydroxylation sites is 4. The van der Waals surface area contributed by atoms with Gasteiger partial charge in [-0.05, 0) is 48.5 Å². The van der Waals surface area contributed by atoms with E-state index in [2.05, 4.69) is 124 Å². The van der Waals surface area contributed by atoms with Gasteiger partial charge in [0.25, 0.3) is 0 Å². The van der Waals surface area contributed by atoms with Crippen LogP contribution >= 0.6 is 0 Å². The van der Waals surface area contributed by atoms with Gasteiger partial charge in [0.1, 0.15) is 0 Å². The van der Waals surface area contributed by atoms with E-state index in [4.69, 9.17) is 15.0 Å². The highest BCUT2D eigenvalue weighted by atomic mass is 15.1. The first-order valence-corrected chi connectivity index (χ1v) is 16.8. The zero-order valence-corrected chi connectivity index (χ0v) is 27.0. The summed E-state index contributed by atoms with van der Waals surface area (Å²) in [5.74, 6) is 1.91. The SMILES string of the molecule is c1ccc(-c2nc(-c3ccccc3)nc(-c3ccccc3-n3c4ccccc4c4cc(-n5c6ccccc6c6ccccc65)ccc43)n2)cc1. The molecule has 10 rings (SSSR count). The highest BCUT2D eigenvalue weighted by Gasteiger charge is 2.20. The number of hydrogen-bond acceptors (Lipinski definition) is 3. The minimum atomic E-state index is 0.626. The number of hydrogen-bond donors (Lipinski definition) is 0. The minimum Gasteiger partial charge on any atom is -0.309 e. The average molecular weight is 640 g/mol. The van der Waals surface area contributed by atoms with Crippen LogP contribution in [0.3, 0.4) is 0 Å². The first-order chi connectivity index (χ1) is 24.8. The van der Waals surface area contributed by atoms with Gasteiger partial charge in [-0.1, -0.05) is 127 Å². The maximum atomic E-state index is 5.10. The lowest BCUT2D eigenvalue weighted by molar-refractivity contribution is 1.06. The fourth-order valence-corrected chi connectivity index (χ4v) is 7.35. The van der Waals surface area contributed by atoms with Crippen LogP contribution in [0.4, 0.5) is 0 Å². The lowest BCUT2D eigenvalue weighted by Gasteiger charge is -2.15. The minimum absolute atomic E-state index is 0.626. The quantitative estimate of drug-likeness (QED) is 0.188. The van der Waals surface area contributed by atoms with E-state index in [9.17, 15) is 0 Å². The topological polar surface area (TPSA) is 48.5 Å². The Bertz CT molecular complexity index is 2760. The van der Waals surface area contributed by atoms with Gasteiger partial charge in [0, 0.05) is 43.9 Å². The Morgan fingerprint density at radius 2 is 0.760 bits per heavy atom. The van der Waals surface area contributed by atoms with E-state index in [1.165, 1.54) is 32.6 Å². The first-order valence-electron chi connectivity index (χ1n) is 16.8. The highest BCUT2D eigenvalue weighted by Crippen LogP contribution is 2.39. The Morgan fingerprint density at radius 3 is 1.36 bits per heavy atom. The van der Waals surface area contributed by atoms with E-state index in [-0.39, 0.29) is 0 Å². The monoisotopic (exact) mass is 639 g/mol. The molecule has 5 heteroatoms. The third-order valence-corrected chi connectivity index (χ3v) is 9.58. The predicted octanol–water partition coefficient (Wildman–Crippen LogP) is 11.1. The second-order valence-corrected chi connectivity index (χ2v) is 12.5. The molecule has 3 aromatic heterocycles. The van der Waals surface area contributed by atoms with Crippen LogP contribution in [-0.4, -0.2) is 24.1 Å². The van der Waals surface area contributed by atoms with Gasteiger partial charge in [0.15, 0.2) is 17.5 Å². The molecule has 0 fully saturated rings. The van der Waals surface area contributed by atoms with Gasteiger partial charge in [-0.25, -0.2) is 15.0 Å². The second-order valence-electron chi connectivity index (χ2n) is 12.5. The molecule has 0 aliphatic heterocycles. The molecule has 0 radical (unpaired) electrons. The molecule has 0 spiro atoms. The van der Waals surface area contributed by atoms with Crippen molar-refractivity contribution in [3.8, 4) is 45.5 Å². The van der Waals surface area contributed by atoms with E-state index >= 15 is 0 Å². The van der Waals surface area contributed by atoms with Crippen molar-refractivity contribution >= 4 is 43.6 Å². The summed E-state index contributed by atoms with van der Waals surface area (Å²) in [6.07, 6.45) is 0. The van der Waals surface area contributed by atoms with Gasteiger partial charge in [-0.3, -0.25) is 0 Å². The first kappa shape index (κ1) is 28.2. The van der Waals surface area contributed by atoms with Crippen LogP contribution in [0, 0.1) is 0 Å².